The van der Waals surface area contributed by atoms with Gasteiger partial charge in [0, 0.05) is 6.20 Å². The van der Waals surface area contributed by atoms with Crippen molar-refractivity contribution in [2.24, 2.45) is 5.73 Å². The molecule has 114 valence electrons. The summed E-state index contributed by atoms with van der Waals surface area (Å²) in [7, 11) is 0. The molecule has 0 aliphatic heterocycles. The summed E-state index contributed by atoms with van der Waals surface area (Å²) in [5.74, 6) is -0.274. The first kappa shape index (κ1) is 17.7. The fourth-order valence-corrected chi connectivity index (χ4v) is 2.06. The maximum atomic E-state index is 12.1. The van der Waals surface area contributed by atoms with Gasteiger partial charge in [-0.25, -0.2) is 4.98 Å². The van der Waals surface area contributed by atoms with E-state index in [0.29, 0.717) is 10.2 Å². The van der Waals surface area contributed by atoms with Gasteiger partial charge >= 0.3 is 6.36 Å². The van der Waals surface area contributed by atoms with E-state index in [9.17, 15) is 13.2 Å². The van der Waals surface area contributed by atoms with Crippen LogP contribution in [0.5, 0.6) is 5.75 Å². The number of pyridine rings is 1. The Bertz CT molecular complexity index is 593. The average Bonchev–Trinajstić information content (AvgIpc) is 2.37. The molecule has 0 saturated carbocycles. The monoisotopic (exact) mass is 382 g/mol. The number of alkyl halides is 3. The van der Waals surface area contributed by atoms with Crippen molar-refractivity contribution < 1.29 is 17.9 Å². The third-order valence-electron chi connectivity index (χ3n) is 2.58. The van der Waals surface area contributed by atoms with Crippen LogP contribution in [0, 0.1) is 0 Å². The van der Waals surface area contributed by atoms with Crippen molar-refractivity contribution >= 4 is 28.3 Å². The second-order valence-electron chi connectivity index (χ2n) is 4.01. The Balaban J connectivity index is 0.00000220. The highest BCUT2D eigenvalue weighted by Crippen LogP contribution is 2.26. The molecule has 8 heteroatoms. The Hall–Kier alpha value is -1.31. The zero-order valence-corrected chi connectivity index (χ0v) is 12.9. The Morgan fingerprint density at radius 1 is 1.10 bits per heavy atom. The van der Waals surface area contributed by atoms with Crippen LogP contribution >= 0.6 is 28.3 Å². The number of hydrogen-bond acceptors (Lipinski definition) is 3. The van der Waals surface area contributed by atoms with Crippen LogP contribution in [0.25, 0.3) is 0 Å². The molecular formula is C13H11BrClF3N2O. The van der Waals surface area contributed by atoms with Crippen LogP contribution in [-0.2, 0) is 0 Å². The van der Waals surface area contributed by atoms with Crippen molar-refractivity contribution in [2.75, 3.05) is 0 Å². The van der Waals surface area contributed by atoms with Crippen LogP contribution in [0.1, 0.15) is 17.2 Å². The summed E-state index contributed by atoms with van der Waals surface area (Å²) in [6.07, 6.45) is -3.10. The van der Waals surface area contributed by atoms with E-state index >= 15 is 0 Å². The zero-order valence-electron chi connectivity index (χ0n) is 10.5. The Morgan fingerprint density at radius 3 is 2.24 bits per heavy atom. The standard InChI is InChI=1S/C13H10BrF3N2O.ClH/c14-11-7-9(5-6-19-11)12(18)8-1-3-10(4-2-8)20-13(15,16)17;/h1-7,12H,18H2;1H/t12-;/m1./s1. The molecule has 0 amide bonds. The Kier molecular flexibility index (Phi) is 6.00. The fourth-order valence-electron chi connectivity index (χ4n) is 1.68. The van der Waals surface area contributed by atoms with E-state index in [2.05, 4.69) is 25.7 Å². The van der Waals surface area contributed by atoms with Crippen LogP contribution < -0.4 is 10.5 Å². The lowest BCUT2D eigenvalue weighted by molar-refractivity contribution is -0.274. The lowest BCUT2D eigenvalue weighted by Crippen LogP contribution is -2.17. The van der Waals surface area contributed by atoms with Crippen molar-refractivity contribution in [3.63, 3.8) is 0 Å². The van der Waals surface area contributed by atoms with E-state index in [1.54, 1.807) is 18.3 Å². The number of nitrogens with two attached hydrogens (primary N) is 1. The molecule has 0 fully saturated rings. The maximum Gasteiger partial charge on any atom is 0.573 e. The summed E-state index contributed by atoms with van der Waals surface area (Å²) in [5.41, 5.74) is 7.53. The summed E-state index contributed by atoms with van der Waals surface area (Å²) >= 11 is 3.24. The second kappa shape index (κ2) is 7.11. The molecule has 0 aliphatic carbocycles. The number of ether oxygens (including phenoxy) is 1. The molecular weight excluding hydrogens is 373 g/mol. The molecule has 21 heavy (non-hydrogen) atoms. The average molecular weight is 384 g/mol. The highest BCUT2D eigenvalue weighted by molar-refractivity contribution is 9.10. The molecule has 0 saturated heterocycles. The number of benzene rings is 1. The molecule has 2 N–H and O–H groups in total. The lowest BCUT2D eigenvalue weighted by Gasteiger charge is -2.14. The third kappa shape index (κ3) is 5.18. The summed E-state index contributed by atoms with van der Waals surface area (Å²) in [5, 5.41) is 0. The van der Waals surface area contributed by atoms with Gasteiger partial charge in [-0.3, -0.25) is 0 Å². The fraction of sp³-hybridized carbons (Fsp3) is 0.154. The van der Waals surface area contributed by atoms with Crippen molar-refractivity contribution in [2.45, 2.75) is 12.4 Å². The summed E-state index contributed by atoms with van der Waals surface area (Å²) in [6, 6.07) is 8.52. The van der Waals surface area contributed by atoms with Crippen molar-refractivity contribution in [1.29, 1.82) is 0 Å². The van der Waals surface area contributed by atoms with Crippen molar-refractivity contribution in [1.82, 2.24) is 4.98 Å². The summed E-state index contributed by atoms with van der Waals surface area (Å²) in [6.45, 7) is 0. The normalized spacial score (nSPS) is 12.4. The van der Waals surface area contributed by atoms with Gasteiger partial charge in [-0.1, -0.05) is 12.1 Å². The van der Waals surface area contributed by atoms with E-state index in [4.69, 9.17) is 5.73 Å². The van der Waals surface area contributed by atoms with E-state index in [1.807, 2.05) is 0 Å². The minimum Gasteiger partial charge on any atom is -0.406 e. The molecule has 1 aromatic carbocycles. The smallest absolute Gasteiger partial charge is 0.406 e. The molecule has 1 atom stereocenters. The minimum atomic E-state index is -4.69. The number of halogens is 5. The number of rotatable bonds is 3. The first-order chi connectivity index (χ1) is 9.35. The van der Waals surface area contributed by atoms with Crippen LogP contribution in [0.15, 0.2) is 47.2 Å². The van der Waals surface area contributed by atoms with Crippen LogP contribution in [0.4, 0.5) is 13.2 Å². The molecule has 3 nitrogen and oxygen atoms in total. The van der Waals surface area contributed by atoms with Gasteiger partial charge in [-0.05, 0) is 51.3 Å². The molecule has 0 bridgehead atoms. The second-order valence-corrected chi connectivity index (χ2v) is 4.82. The zero-order chi connectivity index (χ0) is 14.8. The molecule has 2 rings (SSSR count). The predicted octanol–water partition coefficient (Wildman–Crippen LogP) is 4.21. The Labute approximate surface area is 133 Å². The van der Waals surface area contributed by atoms with Gasteiger partial charge in [0.1, 0.15) is 10.4 Å². The van der Waals surface area contributed by atoms with Gasteiger partial charge in [0.15, 0.2) is 0 Å². The van der Waals surface area contributed by atoms with Crippen LogP contribution in [0.3, 0.4) is 0 Å². The lowest BCUT2D eigenvalue weighted by atomic mass is 10.0. The predicted molar refractivity (Wildman–Crippen MR) is 78.3 cm³/mol. The number of nitrogens with zero attached hydrogens (tertiary/aromatic N) is 1. The molecule has 0 spiro atoms. The largest absolute Gasteiger partial charge is 0.573 e. The van der Waals surface area contributed by atoms with Crippen LogP contribution in [-0.4, -0.2) is 11.3 Å². The molecule has 1 aromatic heterocycles. The quantitative estimate of drug-likeness (QED) is 0.808. The highest BCUT2D eigenvalue weighted by Gasteiger charge is 2.31. The molecule has 0 unspecified atom stereocenters. The molecule has 1 heterocycles. The van der Waals surface area contributed by atoms with Crippen molar-refractivity contribution in [3.8, 4) is 5.75 Å². The van der Waals surface area contributed by atoms with Gasteiger partial charge in [0.05, 0.1) is 6.04 Å². The van der Waals surface area contributed by atoms with Gasteiger partial charge in [0.2, 0.25) is 0 Å². The van der Waals surface area contributed by atoms with E-state index in [-0.39, 0.29) is 18.2 Å². The highest BCUT2D eigenvalue weighted by atomic mass is 79.9. The van der Waals surface area contributed by atoms with Gasteiger partial charge in [-0.2, -0.15) is 0 Å². The SMILES string of the molecule is Cl.N[C@H](c1ccc(OC(F)(F)F)cc1)c1ccnc(Br)c1. The molecule has 2 aromatic rings. The molecule has 0 radical (unpaired) electrons. The first-order valence-corrected chi connectivity index (χ1v) is 6.37. The molecule has 0 aliphatic rings. The van der Waals surface area contributed by atoms with E-state index in [0.717, 1.165) is 5.56 Å². The first-order valence-electron chi connectivity index (χ1n) is 5.58. The maximum absolute atomic E-state index is 12.1. The van der Waals surface area contributed by atoms with Crippen LogP contribution in [0.2, 0.25) is 0 Å². The summed E-state index contributed by atoms with van der Waals surface area (Å²) in [4.78, 5) is 3.99. The van der Waals surface area contributed by atoms with Gasteiger partial charge in [-0.15, -0.1) is 25.6 Å². The van der Waals surface area contributed by atoms with Gasteiger partial charge in [0.25, 0.3) is 0 Å². The summed E-state index contributed by atoms with van der Waals surface area (Å²) < 4.78 is 40.6. The van der Waals surface area contributed by atoms with Gasteiger partial charge < -0.3 is 10.5 Å². The third-order valence-corrected chi connectivity index (χ3v) is 3.02. The van der Waals surface area contributed by atoms with E-state index < -0.39 is 12.4 Å². The Morgan fingerprint density at radius 2 is 1.71 bits per heavy atom. The number of aromatic nitrogens is 1. The number of hydrogen-bond donors (Lipinski definition) is 1. The van der Waals surface area contributed by atoms with E-state index in [1.165, 1.54) is 24.3 Å². The minimum absolute atomic E-state index is 0. The van der Waals surface area contributed by atoms with Crippen molar-refractivity contribution in [3.05, 3.63) is 58.3 Å². The topological polar surface area (TPSA) is 48.1 Å².